The van der Waals surface area contributed by atoms with Gasteiger partial charge in [-0.2, -0.15) is 0 Å². The van der Waals surface area contributed by atoms with E-state index in [4.69, 9.17) is 17.3 Å². The van der Waals surface area contributed by atoms with Crippen LogP contribution in [0, 0.1) is 6.92 Å². The first-order valence-corrected chi connectivity index (χ1v) is 7.48. The minimum atomic E-state index is 0.719. The summed E-state index contributed by atoms with van der Waals surface area (Å²) in [5.74, 6) is 0. The Bertz CT molecular complexity index is 765. The highest BCUT2D eigenvalue weighted by Crippen LogP contribution is 2.33. The van der Waals surface area contributed by atoms with Crippen LogP contribution in [0.1, 0.15) is 5.56 Å². The summed E-state index contributed by atoms with van der Waals surface area (Å²) in [5, 5.41) is 3.67. The molecule has 0 unspecified atom stereocenters. The molecule has 0 radical (unpaired) electrons. The summed E-state index contributed by atoms with van der Waals surface area (Å²) < 4.78 is 0. The molecule has 100 valence electrons. The van der Waals surface area contributed by atoms with Gasteiger partial charge in [0.15, 0.2) is 0 Å². The molecule has 0 aliphatic heterocycles. The molecule has 2 nitrogen and oxygen atoms in total. The number of halogens is 1. The van der Waals surface area contributed by atoms with E-state index in [0.29, 0.717) is 0 Å². The molecule has 0 aliphatic rings. The maximum atomic E-state index is 6.21. The maximum absolute atomic E-state index is 6.21. The third-order valence-electron chi connectivity index (χ3n) is 3.18. The summed E-state index contributed by atoms with van der Waals surface area (Å²) in [4.78, 5) is 4.66. The topological polar surface area (TPSA) is 38.9 Å². The van der Waals surface area contributed by atoms with Gasteiger partial charge in [-0.1, -0.05) is 41.9 Å². The molecule has 0 saturated carbocycles. The van der Waals surface area contributed by atoms with Gasteiger partial charge < -0.3 is 5.73 Å². The van der Waals surface area contributed by atoms with Crippen LogP contribution in [0.15, 0.2) is 47.8 Å². The van der Waals surface area contributed by atoms with E-state index >= 15 is 0 Å². The minimum Gasteiger partial charge on any atom is -0.398 e. The molecule has 1 aromatic heterocycles. The van der Waals surface area contributed by atoms with Crippen LogP contribution in [0.2, 0.25) is 5.02 Å². The predicted molar refractivity (Wildman–Crippen MR) is 87.1 cm³/mol. The molecule has 1 heterocycles. The van der Waals surface area contributed by atoms with E-state index in [2.05, 4.69) is 4.98 Å². The second kappa shape index (κ2) is 5.27. The number of anilines is 1. The Hall–Kier alpha value is -1.84. The second-order valence-corrected chi connectivity index (χ2v) is 5.85. The Labute approximate surface area is 126 Å². The number of aryl methyl sites for hydroxylation is 1. The molecule has 0 atom stereocenters. The van der Waals surface area contributed by atoms with Crippen LogP contribution in [-0.2, 0) is 0 Å². The first-order chi connectivity index (χ1) is 9.65. The molecule has 3 aromatic rings. The van der Waals surface area contributed by atoms with Gasteiger partial charge in [0, 0.05) is 22.2 Å². The van der Waals surface area contributed by atoms with Gasteiger partial charge in [0.2, 0.25) is 0 Å². The number of hydrogen-bond acceptors (Lipinski definition) is 3. The number of nitrogen functional groups attached to an aromatic ring is 1. The van der Waals surface area contributed by atoms with E-state index < -0.39 is 0 Å². The molecule has 4 heteroatoms. The summed E-state index contributed by atoms with van der Waals surface area (Å²) in [6.45, 7) is 2.00. The number of nitrogens with zero attached hydrogens (tertiary/aromatic N) is 1. The van der Waals surface area contributed by atoms with Crippen molar-refractivity contribution in [2.45, 2.75) is 6.92 Å². The van der Waals surface area contributed by atoms with Crippen molar-refractivity contribution in [1.82, 2.24) is 4.98 Å². The normalized spacial score (nSPS) is 10.7. The van der Waals surface area contributed by atoms with Crippen molar-refractivity contribution in [3.8, 4) is 21.8 Å². The van der Waals surface area contributed by atoms with Crippen molar-refractivity contribution in [2.24, 2.45) is 0 Å². The van der Waals surface area contributed by atoms with Crippen LogP contribution in [0.5, 0.6) is 0 Å². The SMILES string of the molecule is Cc1ccc(-c2csc(-c3ccccc3Cl)n2)cc1N. The molecule has 0 aliphatic carbocycles. The van der Waals surface area contributed by atoms with Gasteiger partial charge in [0.25, 0.3) is 0 Å². The summed E-state index contributed by atoms with van der Waals surface area (Å²) >= 11 is 7.79. The highest BCUT2D eigenvalue weighted by atomic mass is 35.5. The minimum absolute atomic E-state index is 0.719. The zero-order chi connectivity index (χ0) is 14.1. The van der Waals surface area contributed by atoms with Gasteiger partial charge >= 0.3 is 0 Å². The van der Waals surface area contributed by atoms with Crippen LogP contribution in [0.4, 0.5) is 5.69 Å². The summed E-state index contributed by atoms with van der Waals surface area (Å²) in [7, 11) is 0. The van der Waals surface area contributed by atoms with Gasteiger partial charge in [-0.3, -0.25) is 0 Å². The lowest BCUT2D eigenvalue weighted by molar-refractivity contribution is 1.39. The van der Waals surface area contributed by atoms with Crippen LogP contribution >= 0.6 is 22.9 Å². The van der Waals surface area contributed by atoms with Crippen molar-refractivity contribution in [2.75, 3.05) is 5.73 Å². The molecule has 0 bridgehead atoms. The third-order valence-corrected chi connectivity index (χ3v) is 4.39. The monoisotopic (exact) mass is 300 g/mol. The van der Waals surface area contributed by atoms with Gasteiger partial charge in [0.1, 0.15) is 5.01 Å². The van der Waals surface area contributed by atoms with Crippen molar-refractivity contribution in [3.05, 3.63) is 58.4 Å². The largest absolute Gasteiger partial charge is 0.398 e. The molecular formula is C16H13ClN2S. The van der Waals surface area contributed by atoms with Crippen LogP contribution in [0.3, 0.4) is 0 Å². The van der Waals surface area contributed by atoms with E-state index in [1.807, 2.05) is 54.8 Å². The lowest BCUT2D eigenvalue weighted by Gasteiger charge is -2.02. The average molecular weight is 301 g/mol. The third kappa shape index (κ3) is 2.42. The predicted octanol–water partition coefficient (Wildman–Crippen LogP) is 5.02. The van der Waals surface area contributed by atoms with E-state index in [1.54, 1.807) is 11.3 Å². The molecule has 0 amide bonds. The number of rotatable bonds is 2. The van der Waals surface area contributed by atoms with Gasteiger partial charge in [-0.25, -0.2) is 4.98 Å². The first kappa shape index (κ1) is 13.2. The van der Waals surface area contributed by atoms with E-state index in [0.717, 1.165) is 38.1 Å². The highest BCUT2D eigenvalue weighted by Gasteiger charge is 2.09. The zero-order valence-corrected chi connectivity index (χ0v) is 12.5. The molecule has 0 saturated heterocycles. The Morgan fingerprint density at radius 3 is 2.70 bits per heavy atom. The van der Waals surface area contributed by atoms with Crippen molar-refractivity contribution in [1.29, 1.82) is 0 Å². The quantitative estimate of drug-likeness (QED) is 0.675. The number of benzene rings is 2. The lowest BCUT2D eigenvalue weighted by atomic mass is 10.1. The van der Waals surface area contributed by atoms with Crippen molar-refractivity contribution >= 4 is 28.6 Å². The fourth-order valence-corrected chi connectivity index (χ4v) is 3.11. The fourth-order valence-electron chi connectivity index (χ4n) is 1.96. The summed E-state index contributed by atoms with van der Waals surface area (Å²) in [6.07, 6.45) is 0. The molecule has 3 rings (SSSR count). The summed E-state index contributed by atoms with van der Waals surface area (Å²) in [6, 6.07) is 13.8. The Kier molecular flexibility index (Phi) is 3.47. The molecule has 20 heavy (non-hydrogen) atoms. The smallest absolute Gasteiger partial charge is 0.125 e. The second-order valence-electron chi connectivity index (χ2n) is 4.59. The van der Waals surface area contributed by atoms with Crippen LogP contribution in [0.25, 0.3) is 21.8 Å². The molecule has 0 fully saturated rings. The lowest BCUT2D eigenvalue weighted by Crippen LogP contribution is -1.90. The molecule has 0 spiro atoms. The number of aromatic nitrogens is 1. The Balaban J connectivity index is 2.02. The molecular weight excluding hydrogens is 288 g/mol. The van der Waals surface area contributed by atoms with Gasteiger partial charge in [0.05, 0.1) is 10.7 Å². The maximum Gasteiger partial charge on any atom is 0.125 e. The summed E-state index contributed by atoms with van der Waals surface area (Å²) in [5.41, 5.74) is 10.7. The average Bonchev–Trinajstić information content (AvgIpc) is 2.92. The fraction of sp³-hybridized carbons (Fsp3) is 0.0625. The highest BCUT2D eigenvalue weighted by molar-refractivity contribution is 7.13. The van der Waals surface area contributed by atoms with E-state index in [-0.39, 0.29) is 0 Å². The Morgan fingerprint density at radius 2 is 1.95 bits per heavy atom. The molecule has 2 aromatic carbocycles. The van der Waals surface area contributed by atoms with E-state index in [1.165, 1.54) is 0 Å². The van der Waals surface area contributed by atoms with Crippen LogP contribution in [-0.4, -0.2) is 4.98 Å². The Morgan fingerprint density at radius 1 is 1.15 bits per heavy atom. The van der Waals surface area contributed by atoms with E-state index in [9.17, 15) is 0 Å². The van der Waals surface area contributed by atoms with Gasteiger partial charge in [-0.15, -0.1) is 11.3 Å². The van der Waals surface area contributed by atoms with Gasteiger partial charge in [-0.05, 0) is 24.6 Å². The van der Waals surface area contributed by atoms with Crippen LogP contribution < -0.4 is 5.73 Å². The number of nitrogens with two attached hydrogens (primary N) is 1. The number of hydrogen-bond donors (Lipinski definition) is 1. The standard InChI is InChI=1S/C16H13ClN2S/c1-10-6-7-11(8-14(10)18)15-9-20-16(19-15)12-4-2-3-5-13(12)17/h2-9H,18H2,1H3. The number of thiazole rings is 1. The van der Waals surface area contributed by atoms with Crippen molar-refractivity contribution in [3.63, 3.8) is 0 Å². The first-order valence-electron chi connectivity index (χ1n) is 6.22. The van der Waals surface area contributed by atoms with Crippen molar-refractivity contribution < 1.29 is 0 Å². The molecule has 2 N–H and O–H groups in total. The zero-order valence-electron chi connectivity index (χ0n) is 10.9.